The number of fused-ring (bicyclic) bond motifs is 1. The van der Waals surface area contributed by atoms with Crippen molar-refractivity contribution in [1.29, 1.82) is 0 Å². The van der Waals surface area contributed by atoms with Crippen molar-refractivity contribution in [2.24, 2.45) is 17.8 Å². The highest BCUT2D eigenvalue weighted by Gasteiger charge is 2.43. The SMILES string of the molecule is CCCC[C@](C)(O)C/C=C/[C@@H]1[C@H]2CC(CSCCCN3CCOCC3)=C[C@H]2C[C@H]1O. The second-order valence-corrected chi connectivity index (χ2v) is 10.9. The average Bonchev–Trinajstić information content (AvgIpc) is 3.24. The van der Waals surface area contributed by atoms with Crippen LogP contribution in [0.15, 0.2) is 23.8 Å². The van der Waals surface area contributed by atoms with Crippen LogP contribution in [-0.2, 0) is 4.74 Å². The Kier molecular flexibility index (Phi) is 9.77. The first-order chi connectivity index (χ1) is 14.5. The van der Waals surface area contributed by atoms with Gasteiger partial charge in [0.05, 0.1) is 24.9 Å². The summed E-state index contributed by atoms with van der Waals surface area (Å²) in [5.41, 5.74) is 0.966. The highest BCUT2D eigenvalue weighted by Crippen LogP contribution is 2.47. The van der Waals surface area contributed by atoms with Gasteiger partial charge in [0.15, 0.2) is 0 Å². The minimum absolute atomic E-state index is 0.226. The van der Waals surface area contributed by atoms with E-state index in [0.29, 0.717) is 18.3 Å². The maximum Gasteiger partial charge on any atom is 0.0654 e. The van der Waals surface area contributed by atoms with E-state index in [1.165, 1.54) is 18.7 Å². The molecule has 0 bridgehead atoms. The number of ether oxygens (including phenoxy) is 1. The molecular weight excluding hydrogens is 394 g/mol. The van der Waals surface area contributed by atoms with Crippen LogP contribution in [0.2, 0.25) is 0 Å². The second-order valence-electron chi connectivity index (χ2n) is 9.83. The van der Waals surface area contributed by atoms with Crippen LogP contribution in [0.4, 0.5) is 0 Å². The lowest BCUT2D eigenvalue weighted by Crippen LogP contribution is -2.36. The fourth-order valence-corrected chi connectivity index (χ4v) is 6.22. The summed E-state index contributed by atoms with van der Waals surface area (Å²) in [7, 11) is 0. The predicted molar refractivity (Wildman–Crippen MR) is 127 cm³/mol. The molecule has 0 radical (unpaired) electrons. The molecule has 1 aliphatic heterocycles. The minimum Gasteiger partial charge on any atom is -0.392 e. The van der Waals surface area contributed by atoms with Gasteiger partial charge in [0.2, 0.25) is 0 Å². The average molecular weight is 438 g/mol. The molecule has 1 saturated carbocycles. The number of unbranched alkanes of at least 4 members (excludes halogenated alkanes) is 1. The van der Waals surface area contributed by atoms with E-state index in [2.05, 4.69) is 41.8 Å². The van der Waals surface area contributed by atoms with E-state index in [1.54, 1.807) is 5.57 Å². The van der Waals surface area contributed by atoms with Gasteiger partial charge in [-0.2, -0.15) is 11.8 Å². The molecule has 5 atom stereocenters. The molecule has 0 aromatic rings. The van der Waals surface area contributed by atoms with E-state index in [9.17, 15) is 10.2 Å². The number of aliphatic hydroxyl groups excluding tert-OH is 1. The van der Waals surface area contributed by atoms with Gasteiger partial charge in [-0.3, -0.25) is 4.90 Å². The molecule has 2 aliphatic carbocycles. The van der Waals surface area contributed by atoms with Gasteiger partial charge in [0, 0.05) is 24.8 Å². The van der Waals surface area contributed by atoms with Crippen LogP contribution in [-0.4, -0.2) is 71.2 Å². The molecule has 0 unspecified atom stereocenters. The van der Waals surface area contributed by atoms with E-state index in [0.717, 1.165) is 64.2 Å². The maximum absolute atomic E-state index is 10.6. The molecule has 0 aromatic carbocycles. The van der Waals surface area contributed by atoms with Crippen molar-refractivity contribution in [2.45, 2.75) is 70.5 Å². The van der Waals surface area contributed by atoms with E-state index >= 15 is 0 Å². The quantitative estimate of drug-likeness (QED) is 0.353. The monoisotopic (exact) mass is 437 g/mol. The molecule has 4 nitrogen and oxygen atoms in total. The van der Waals surface area contributed by atoms with Crippen LogP contribution >= 0.6 is 11.8 Å². The first kappa shape index (κ1) is 24.3. The number of aliphatic hydroxyl groups is 2. The molecule has 172 valence electrons. The largest absolute Gasteiger partial charge is 0.392 e. The molecule has 0 amide bonds. The summed E-state index contributed by atoms with van der Waals surface area (Å²) in [4.78, 5) is 2.52. The van der Waals surface area contributed by atoms with Crippen molar-refractivity contribution in [3.8, 4) is 0 Å². The number of hydrogen-bond donors (Lipinski definition) is 2. The van der Waals surface area contributed by atoms with Gasteiger partial charge < -0.3 is 14.9 Å². The Morgan fingerprint density at radius 3 is 2.87 bits per heavy atom. The summed E-state index contributed by atoms with van der Waals surface area (Å²) < 4.78 is 5.41. The van der Waals surface area contributed by atoms with Crippen LogP contribution in [0.3, 0.4) is 0 Å². The smallest absolute Gasteiger partial charge is 0.0654 e. The molecule has 3 aliphatic rings. The molecular formula is C25H43NO3S. The van der Waals surface area contributed by atoms with E-state index in [-0.39, 0.29) is 12.0 Å². The fraction of sp³-hybridized carbons (Fsp3) is 0.840. The van der Waals surface area contributed by atoms with E-state index < -0.39 is 5.60 Å². The van der Waals surface area contributed by atoms with Crippen molar-refractivity contribution >= 4 is 11.8 Å². The van der Waals surface area contributed by atoms with Crippen LogP contribution in [0, 0.1) is 17.8 Å². The number of morpholine rings is 1. The summed E-state index contributed by atoms with van der Waals surface area (Å²) >= 11 is 2.07. The fourth-order valence-electron chi connectivity index (χ4n) is 5.27. The van der Waals surface area contributed by atoms with Crippen molar-refractivity contribution in [1.82, 2.24) is 4.90 Å². The molecule has 1 heterocycles. The van der Waals surface area contributed by atoms with Gasteiger partial charge >= 0.3 is 0 Å². The molecule has 5 heteroatoms. The summed E-state index contributed by atoms with van der Waals surface area (Å²) in [5.74, 6) is 3.72. The Hall–Kier alpha value is -0.330. The standard InChI is InChI=1S/C25H43NO3S/c1-3-4-8-25(2,28)9-5-7-22-23-17-20(16-21(23)18-24(22)27)19-30-15-6-10-26-11-13-29-14-12-26/h5,7,16,21-24,27-28H,3-4,6,8-15,17-19H2,1-2H3/b7-5+/t21-,22+,23-,24+,25-/m0/s1. The maximum atomic E-state index is 10.6. The predicted octanol–water partition coefficient (Wildman–Crippen LogP) is 4.27. The van der Waals surface area contributed by atoms with Crippen LogP contribution in [0.5, 0.6) is 0 Å². The number of rotatable bonds is 12. The van der Waals surface area contributed by atoms with Gasteiger partial charge in [-0.1, -0.05) is 43.6 Å². The summed E-state index contributed by atoms with van der Waals surface area (Å²) in [6, 6.07) is 0. The third-order valence-electron chi connectivity index (χ3n) is 7.09. The second kappa shape index (κ2) is 12.1. The van der Waals surface area contributed by atoms with E-state index in [4.69, 9.17) is 4.74 Å². The number of thioether (sulfide) groups is 1. The van der Waals surface area contributed by atoms with Crippen molar-refractivity contribution in [3.05, 3.63) is 23.8 Å². The number of nitrogens with zero attached hydrogens (tertiary/aromatic N) is 1. The minimum atomic E-state index is -0.619. The Balaban J connectivity index is 1.36. The Labute approximate surface area is 188 Å². The number of hydrogen-bond acceptors (Lipinski definition) is 5. The zero-order chi connectivity index (χ0) is 21.4. The van der Waals surface area contributed by atoms with Gasteiger partial charge in [-0.05, 0) is 63.2 Å². The topological polar surface area (TPSA) is 52.9 Å². The van der Waals surface area contributed by atoms with Crippen molar-refractivity contribution in [3.63, 3.8) is 0 Å². The summed E-state index contributed by atoms with van der Waals surface area (Å²) in [6.45, 7) is 9.25. The Bertz CT molecular complexity index is 571. The van der Waals surface area contributed by atoms with Crippen LogP contribution in [0.25, 0.3) is 0 Å². The van der Waals surface area contributed by atoms with Gasteiger partial charge in [-0.15, -0.1) is 0 Å². The highest BCUT2D eigenvalue weighted by molar-refractivity contribution is 7.99. The molecule has 1 saturated heterocycles. The normalized spacial score (nSPS) is 31.8. The van der Waals surface area contributed by atoms with Gasteiger partial charge in [-0.25, -0.2) is 0 Å². The van der Waals surface area contributed by atoms with Crippen molar-refractivity contribution < 1.29 is 14.9 Å². The van der Waals surface area contributed by atoms with Gasteiger partial charge in [0.1, 0.15) is 0 Å². The third kappa shape index (κ3) is 7.37. The lowest BCUT2D eigenvalue weighted by atomic mass is 9.88. The molecule has 0 aromatic heterocycles. The molecule has 2 N–H and O–H groups in total. The zero-order valence-electron chi connectivity index (χ0n) is 19.1. The highest BCUT2D eigenvalue weighted by atomic mass is 32.2. The molecule has 2 fully saturated rings. The summed E-state index contributed by atoms with van der Waals surface area (Å²) in [5, 5.41) is 21.1. The van der Waals surface area contributed by atoms with E-state index in [1.807, 2.05) is 6.92 Å². The van der Waals surface area contributed by atoms with Crippen LogP contribution in [0.1, 0.15) is 58.8 Å². The van der Waals surface area contributed by atoms with Gasteiger partial charge in [0.25, 0.3) is 0 Å². The molecule has 0 spiro atoms. The molecule has 3 rings (SSSR count). The van der Waals surface area contributed by atoms with Crippen LogP contribution < -0.4 is 0 Å². The Morgan fingerprint density at radius 1 is 1.30 bits per heavy atom. The number of allylic oxidation sites excluding steroid dienone is 1. The zero-order valence-corrected chi connectivity index (χ0v) is 19.9. The first-order valence-electron chi connectivity index (χ1n) is 12.1. The third-order valence-corrected chi connectivity index (χ3v) is 8.24. The first-order valence-corrected chi connectivity index (χ1v) is 13.3. The van der Waals surface area contributed by atoms with Crippen molar-refractivity contribution in [2.75, 3.05) is 44.4 Å². The molecule has 30 heavy (non-hydrogen) atoms. The lowest BCUT2D eigenvalue weighted by molar-refractivity contribution is 0.0381. The lowest BCUT2D eigenvalue weighted by Gasteiger charge is -2.26. The summed E-state index contributed by atoms with van der Waals surface area (Å²) in [6.07, 6.45) is 13.6. The Morgan fingerprint density at radius 2 is 2.10 bits per heavy atom.